The molecule has 12 nitrogen and oxygen atoms in total. The average molecular weight is 689 g/mol. The van der Waals surface area contributed by atoms with E-state index in [1.54, 1.807) is 17.9 Å². The minimum atomic E-state index is -1.02. The number of benzene rings is 3. The fourth-order valence-corrected chi connectivity index (χ4v) is 6.47. The number of aliphatic hydroxyl groups excluding tert-OH is 1. The molecule has 5 aromatic rings. The molecule has 1 aliphatic rings. The molecule has 1 saturated heterocycles. The molecule has 0 saturated carbocycles. The van der Waals surface area contributed by atoms with Gasteiger partial charge in [0.05, 0.1) is 37.6 Å². The van der Waals surface area contributed by atoms with Gasteiger partial charge in [0.1, 0.15) is 42.0 Å². The van der Waals surface area contributed by atoms with E-state index in [0.717, 1.165) is 24.0 Å². The monoisotopic (exact) mass is 688 g/mol. The van der Waals surface area contributed by atoms with E-state index in [4.69, 9.17) is 9.47 Å². The number of halogens is 2. The zero-order valence-corrected chi connectivity index (χ0v) is 28.3. The third-order valence-corrected chi connectivity index (χ3v) is 9.19. The number of hydrogen-bond donors (Lipinski definition) is 2. The fraction of sp³-hybridized carbons (Fsp3) is 0.389. The molecule has 3 aromatic carbocycles. The van der Waals surface area contributed by atoms with Crippen LogP contribution in [0.25, 0.3) is 5.69 Å². The number of likely N-dealkylation sites (N-methyl/N-ethyl adjacent to an activating group) is 1. The lowest BCUT2D eigenvalue weighted by Crippen LogP contribution is -2.32. The molecule has 0 bridgehead atoms. The lowest BCUT2D eigenvalue weighted by Gasteiger charge is -2.29. The standard InChI is InChI=1S/C36H42F2N8O4/c1-4-34(25(2)47)46-35(48)45(24-42-46)30-8-6-28(7-9-30)40-15-16-43(3)29-10-12-31(13-11-29)49-19-26-18-36(50-20-26,21-44-23-39-22-41-44)32-14-5-27(37)17-33(32)38/h5-14,17,22-26,34,40,47H,4,15-16,18-21H2,1-3H3/t25-,26+,34-,36-/m0/s1. The third-order valence-electron chi connectivity index (χ3n) is 9.19. The number of ether oxygens (including phenoxy) is 2. The summed E-state index contributed by atoms with van der Waals surface area (Å²) in [4.78, 5) is 19.0. The lowest BCUT2D eigenvalue weighted by atomic mass is 9.87. The van der Waals surface area contributed by atoms with Gasteiger partial charge in [-0.3, -0.25) is 0 Å². The lowest BCUT2D eigenvalue weighted by molar-refractivity contribution is -0.0206. The van der Waals surface area contributed by atoms with Crippen molar-refractivity contribution >= 4 is 11.4 Å². The van der Waals surface area contributed by atoms with Gasteiger partial charge in [-0.25, -0.2) is 32.5 Å². The molecule has 0 amide bonds. The summed E-state index contributed by atoms with van der Waals surface area (Å²) in [5, 5.41) is 21.8. The van der Waals surface area contributed by atoms with Gasteiger partial charge in [-0.05, 0) is 74.4 Å². The van der Waals surface area contributed by atoms with Crippen LogP contribution in [0.5, 0.6) is 5.75 Å². The maximum Gasteiger partial charge on any atom is 0.350 e. The highest BCUT2D eigenvalue weighted by atomic mass is 19.1. The minimum Gasteiger partial charge on any atom is -0.493 e. The summed E-state index contributed by atoms with van der Waals surface area (Å²) in [6.07, 6.45) is 4.83. The molecule has 1 fully saturated rings. The molecule has 3 heterocycles. The van der Waals surface area contributed by atoms with Gasteiger partial charge >= 0.3 is 5.69 Å². The Bertz CT molecular complexity index is 1900. The Balaban J connectivity index is 0.988. The molecule has 4 atom stereocenters. The minimum absolute atomic E-state index is 0.0207. The van der Waals surface area contributed by atoms with Gasteiger partial charge in [0.2, 0.25) is 0 Å². The summed E-state index contributed by atoms with van der Waals surface area (Å²) in [6.45, 7) is 5.96. The summed E-state index contributed by atoms with van der Waals surface area (Å²) in [7, 11) is 2.01. The summed E-state index contributed by atoms with van der Waals surface area (Å²) < 4.78 is 45.4. The molecule has 0 unspecified atom stereocenters. The van der Waals surface area contributed by atoms with Crippen molar-refractivity contribution in [3.8, 4) is 11.4 Å². The van der Waals surface area contributed by atoms with Crippen LogP contribution in [0, 0.1) is 17.6 Å². The second-order valence-corrected chi connectivity index (χ2v) is 12.7. The van der Waals surface area contributed by atoms with Crippen LogP contribution in [0.4, 0.5) is 20.2 Å². The molecule has 0 aliphatic carbocycles. The Labute approximate surface area is 288 Å². The van der Waals surface area contributed by atoms with Gasteiger partial charge in [-0.2, -0.15) is 10.2 Å². The van der Waals surface area contributed by atoms with Gasteiger partial charge in [0, 0.05) is 49.1 Å². The largest absolute Gasteiger partial charge is 0.493 e. The van der Waals surface area contributed by atoms with Crippen molar-refractivity contribution in [2.24, 2.45) is 5.92 Å². The zero-order valence-electron chi connectivity index (χ0n) is 28.3. The van der Waals surface area contributed by atoms with Crippen LogP contribution in [-0.2, 0) is 16.9 Å². The molecule has 14 heteroatoms. The molecule has 50 heavy (non-hydrogen) atoms. The first-order chi connectivity index (χ1) is 24.2. The Morgan fingerprint density at radius 2 is 1.88 bits per heavy atom. The van der Waals surface area contributed by atoms with Crippen molar-refractivity contribution in [2.45, 2.75) is 51.0 Å². The Hall–Kier alpha value is -5.08. The van der Waals surface area contributed by atoms with Gasteiger partial charge in [-0.1, -0.05) is 13.0 Å². The highest BCUT2D eigenvalue weighted by Gasteiger charge is 2.44. The van der Waals surface area contributed by atoms with Crippen molar-refractivity contribution in [2.75, 3.05) is 43.6 Å². The average Bonchev–Trinajstić information content (AvgIpc) is 3.86. The molecule has 0 radical (unpaired) electrons. The van der Waals surface area contributed by atoms with Crippen LogP contribution in [0.3, 0.4) is 0 Å². The molecule has 2 aromatic heterocycles. The molecule has 2 N–H and O–H groups in total. The van der Waals surface area contributed by atoms with Crippen molar-refractivity contribution in [1.29, 1.82) is 0 Å². The number of nitrogens with one attached hydrogen (secondary N) is 1. The first-order valence-electron chi connectivity index (χ1n) is 16.7. The molecular formula is C36H42F2N8O4. The van der Waals surface area contributed by atoms with Crippen molar-refractivity contribution in [3.63, 3.8) is 0 Å². The first-order valence-corrected chi connectivity index (χ1v) is 16.7. The second kappa shape index (κ2) is 15.2. The van der Waals surface area contributed by atoms with E-state index in [0.29, 0.717) is 44.0 Å². The number of rotatable bonds is 15. The first kappa shape index (κ1) is 34.8. The van der Waals surface area contributed by atoms with Gasteiger partial charge < -0.3 is 24.8 Å². The highest BCUT2D eigenvalue weighted by Crippen LogP contribution is 2.42. The molecular weight excluding hydrogens is 646 g/mol. The van der Waals surface area contributed by atoms with E-state index in [1.807, 2.05) is 62.5 Å². The molecule has 0 spiro atoms. The van der Waals surface area contributed by atoms with Crippen LogP contribution in [0.2, 0.25) is 0 Å². The normalized spacial score (nSPS) is 18.6. The van der Waals surface area contributed by atoms with Gasteiger partial charge in [0.25, 0.3) is 0 Å². The number of hydrogen-bond acceptors (Lipinski definition) is 9. The number of nitrogens with zero attached hydrogens (tertiary/aromatic N) is 7. The van der Waals surface area contributed by atoms with E-state index < -0.39 is 23.3 Å². The van der Waals surface area contributed by atoms with Crippen molar-refractivity contribution in [3.05, 3.63) is 113 Å². The van der Waals surface area contributed by atoms with Crippen LogP contribution in [0.15, 0.2) is 90.5 Å². The van der Waals surface area contributed by atoms with Crippen LogP contribution in [-0.4, -0.2) is 73.7 Å². The number of aliphatic hydroxyl groups is 1. The molecule has 264 valence electrons. The van der Waals surface area contributed by atoms with E-state index in [1.165, 1.54) is 34.0 Å². The molecule has 6 rings (SSSR count). The summed E-state index contributed by atoms with van der Waals surface area (Å²) >= 11 is 0. The predicted molar refractivity (Wildman–Crippen MR) is 185 cm³/mol. The Morgan fingerprint density at radius 1 is 1.10 bits per heavy atom. The number of aromatic nitrogens is 6. The van der Waals surface area contributed by atoms with Crippen LogP contribution >= 0.6 is 0 Å². The molecule has 1 aliphatic heterocycles. The topological polar surface area (TPSA) is 124 Å². The van der Waals surface area contributed by atoms with Crippen molar-refractivity contribution in [1.82, 2.24) is 29.1 Å². The quantitative estimate of drug-likeness (QED) is 0.160. The summed E-state index contributed by atoms with van der Waals surface area (Å²) in [5.41, 5.74) is 1.62. The van der Waals surface area contributed by atoms with E-state index in [-0.39, 0.29) is 29.8 Å². The Morgan fingerprint density at radius 3 is 2.56 bits per heavy atom. The zero-order chi connectivity index (χ0) is 35.3. The van der Waals surface area contributed by atoms with Gasteiger partial charge in [-0.15, -0.1) is 0 Å². The number of anilines is 2. The van der Waals surface area contributed by atoms with Crippen molar-refractivity contribution < 1.29 is 23.4 Å². The van der Waals surface area contributed by atoms with Gasteiger partial charge in [0.15, 0.2) is 0 Å². The Kier molecular flexibility index (Phi) is 10.6. The summed E-state index contributed by atoms with van der Waals surface area (Å²) in [6, 6.07) is 18.6. The smallest absolute Gasteiger partial charge is 0.350 e. The summed E-state index contributed by atoms with van der Waals surface area (Å²) in [5.74, 6) is -0.607. The van der Waals surface area contributed by atoms with E-state index in [2.05, 4.69) is 25.4 Å². The fourth-order valence-electron chi connectivity index (χ4n) is 6.47. The highest BCUT2D eigenvalue weighted by molar-refractivity contribution is 5.50. The van der Waals surface area contributed by atoms with E-state index in [9.17, 15) is 18.7 Å². The predicted octanol–water partition coefficient (Wildman–Crippen LogP) is 4.79. The van der Waals surface area contributed by atoms with E-state index >= 15 is 0 Å². The second-order valence-electron chi connectivity index (χ2n) is 12.7. The third kappa shape index (κ3) is 7.71. The van der Waals surface area contributed by atoms with Crippen LogP contribution < -0.4 is 20.6 Å². The maximum absolute atomic E-state index is 14.9. The maximum atomic E-state index is 14.9. The SMILES string of the molecule is CC[C@@H]([C@H](C)O)n1ncn(-c2ccc(NCCN(C)c3ccc(OC[C@@H]4CO[C@@](Cn5cncn5)(c5ccc(F)cc5F)C4)cc3)cc2)c1=O. The van der Waals surface area contributed by atoms with Crippen LogP contribution in [0.1, 0.15) is 38.3 Å².